The molecule has 0 unspecified atom stereocenters. The number of anilines is 2. The van der Waals surface area contributed by atoms with E-state index in [0.29, 0.717) is 5.82 Å². The molecule has 1 heterocycles. The van der Waals surface area contributed by atoms with Gasteiger partial charge in [0.05, 0.1) is 16.6 Å². The van der Waals surface area contributed by atoms with Gasteiger partial charge in [0, 0.05) is 20.3 Å². The Morgan fingerprint density at radius 3 is 2.73 bits per heavy atom. The van der Waals surface area contributed by atoms with Gasteiger partial charge >= 0.3 is 0 Å². The van der Waals surface area contributed by atoms with Crippen molar-refractivity contribution < 1.29 is 14.1 Å². The third kappa shape index (κ3) is 3.17. The SMILES string of the molecule is CN(C)c1ncccc1C(=O)Nc1ccc(F)cc1[N+](=O)[O-]. The number of nitrogens with one attached hydrogen (secondary N) is 1. The van der Waals surface area contributed by atoms with Crippen LogP contribution < -0.4 is 10.2 Å². The van der Waals surface area contributed by atoms with Gasteiger partial charge < -0.3 is 10.2 Å². The maximum absolute atomic E-state index is 13.1. The number of carbonyl (C=O) groups excluding carboxylic acids is 1. The number of hydrogen-bond donors (Lipinski definition) is 1. The van der Waals surface area contributed by atoms with Crippen molar-refractivity contribution in [1.29, 1.82) is 0 Å². The smallest absolute Gasteiger partial charge is 0.295 e. The Balaban J connectivity index is 2.36. The van der Waals surface area contributed by atoms with Gasteiger partial charge in [-0.2, -0.15) is 0 Å². The summed E-state index contributed by atoms with van der Waals surface area (Å²) >= 11 is 0. The van der Waals surface area contributed by atoms with E-state index < -0.39 is 22.3 Å². The summed E-state index contributed by atoms with van der Waals surface area (Å²) in [6, 6.07) is 6.08. The molecule has 22 heavy (non-hydrogen) atoms. The maximum Gasteiger partial charge on any atom is 0.295 e. The summed E-state index contributed by atoms with van der Waals surface area (Å²) in [7, 11) is 3.44. The zero-order valence-electron chi connectivity index (χ0n) is 11.9. The Morgan fingerprint density at radius 1 is 1.36 bits per heavy atom. The molecule has 0 aliphatic heterocycles. The Bertz CT molecular complexity index is 734. The molecular formula is C14H13FN4O3. The first-order chi connectivity index (χ1) is 10.4. The van der Waals surface area contributed by atoms with E-state index in [1.165, 1.54) is 6.20 Å². The number of aromatic nitrogens is 1. The molecule has 0 aliphatic carbocycles. The minimum absolute atomic E-state index is 0.0787. The van der Waals surface area contributed by atoms with Crippen molar-refractivity contribution in [3.63, 3.8) is 0 Å². The summed E-state index contributed by atoms with van der Waals surface area (Å²) in [5, 5.41) is 13.4. The number of carbonyl (C=O) groups is 1. The molecule has 0 aliphatic rings. The van der Waals surface area contributed by atoms with Crippen molar-refractivity contribution in [3.05, 3.63) is 58.0 Å². The summed E-state index contributed by atoms with van der Waals surface area (Å²) in [6.45, 7) is 0. The molecule has 0 bridgehead atoms. The summed E-state index contributed by atoms with van der Waals surface area (Å²) < 4.78 is 13.1. The number of benzene rings is 1. The van der Waals surface area contributed by atoms with Gasteiger partial charge in [-0.25, -0.2) is 9.37 Å². The van der Waals surface area contributed by atoms with Crippen LogP contribution in [0.15, 0.2) is 36.5 Å². The van der Waals surface area contributed by atoms with E-state index in [2.05, 4.69) is 10.3 Å². The van der Waals surface area contributed by atoms with E-state index >= 15 is 0 Å². The zero-order valence-corrected chi connectivity index (χ0v) is 11.9. The molecule has 0 fully saturated rings. The van der Waals surface area contributed by atoms with Crippen LogP contribution in [0.2, 0.25) is 0 Å². The van der Waals surface area contributed by atoms with Crippen LogP contribution in [0.4, 0.5) is 21.6 Å². The second-order valence-electron chi connectivity index (χ2n) is 4.64. The largest absolute Gasteiger partial charge is 0.362 e. The molecule has 7 nitrogen and oxygen atoms in total. The van der Waals surface area contributed by atoms with Crippen LogP contribution in [0.3, 0.4) is 0 Å². The van der Waals surface area contributed by atoms with Gasteiger partial charge in [-0.15, -0.1) is 0 Å². The minimum Gasteiger partial charge on any atom is -0.362 e. The van der Waals surface area contributed by atoms with Crippen LogP contribution in [0, 0.1) is 15.9 Å². The third-order valence-electron chi connectivity index (χ3n) is 2.86. The standard InChI is InChI=1S/C14H13FN4O3/c1-18(2)13-10(4-3-7-16-13)14(20)17-11-6-5-9(15)8-12(11)19(21)22/h3-8H,1-2H3,(H,17,20). The number of nitro benzene ring substituents is 1. The van der Waals surface area contributed by atoms with E-state index in [-0.39, 0.29) is 11.3 Å². The summed E-state index contributed by atoms with van der Waals surface area (Å²) in [5.74, 6) is -0.892. The lowest BCUT2D eigenvalue weighted by atomic mass is 10.2. The van der Waals surface area contributed by atoms with Gasteiger partial charge in [0.15, 0.2) is 0 Å². The zero-order chi connectivity index (χ0) is 16.3. The molecular weight excluding hydrogens is 291 g/mol. The highest BCUT2D eigenvalue weighted by Gasteiger charge is 2.20. The van der Waals surface area contributed by atoms with Crippen molar-refractivity contribution in [1.82, 2.24) is 4.98 Å². The van der Waals surface area contributed by atoms with Crippen molar-refractivity contribution in [3.8, 4) is 0 Å². The van der Waals surface area contributed by atoms with Crippen LogP contribution in [-0.2, 0) is 0 Å². The fourth-order valence-corrected chi connectivity index (χ4v) is 1.88. The number of hydrogen-bond acceptors (Lipinski definition) is 5. The van der Waals surface area contributed by atoms with Gasteiger partial charge in [0.1, 0.15) is 17.3 Å². The summed E-state index contributed by atoms with van der Waals surface area (Å²) in [4.78, 5) is 28.2. The summed E-state index contributed by atoms with van der Waals surface area (Å²) in [5.41, 5.74) is -0.334. The lowest BCUT2D eigenvalue weighted by molar-refractivity contribution is -0.384. The highest BCUT2D eigenvalue weighted by molar-refractivity contribution is 6.08. The van der Waals surface area contributed by atoms with Gasteiger partial charge in [-0.1, -0.05) is 0 Å². The van der Waals surface area contributed by atoms with E-state index in [9.17, 15) is 19.3 Å². The fraction of sp³-hybridized carbons (Fsp3) is 0.143. The monoisotopic (exact) mass is 304 g/mol. The van der Waals surface area contributed by atoms with E-state index in [4.69, 9.17) is 0 Å². The Labute approximate surface area is 125 Å². The number of nitrogens with zero attached hydrogens (tertiary/aromatic N) is 3. The Hall–Kier alpha value is -3.03. The lowest BCUT2D eigenvalue weighted by Gasteiger charge is -2.15. The number of halogens is 1. The topological polar surface area (TPSA) is 88.4 Å². The molecule has 0 radical (unpaired) electrons. The maximum atomic E-state index is 13.1. The average molecular weight is 304 g/mol. The van der Waals surface area contributed by atoms with Gasteiger partial charge in [0.2, 0.25) is 0 Å². The third-order valence-corrected chi connectivity index (χ3v) is 2.86. The normalized spacial score (nSPS) is 10.1. The van der Waals surface area contributed by atoms with Crippen molar-refractivity contribution in [2.75, 3.05) is 24.3 Å². The first kappa shape index (κ1) is 15.4. The van der Waals surface area contributed by atoms with E-state index in [1.807, 2.05) is 0 Å². The van der Waals surface area contributed by atoms with Crippen molar-refractivity contribution >= 4 is 23.1 Å². The van der Waals surface area contributed by atoms with Gasteiger partial charge in [-0.05, 0) is 24.3 Å². The molecule has 114 valence electrons. The highest BCUT2D eigenvalue weighted by atomic mass is 19.1. The van der Waals surface area contributed by atoms with E-state index in [1.54, 1.807) is 31.1 Å². The summed E-state index contributed by atoms with van der Waals surface area (Å²) in [6.07, 6.45) is 1.53. The number of pyridine rings is 1. The van der Waals surface area contributed by atoms with Crippen molar-refractivity contribution in [2.45, 2.75) is 0 Å². The van der Waals surface area contributed by atoms with E-state index in [0.717, 1.165) is 18.2 Å². The molecule has 8 heteroatoms. The molecule has 1 aromatic heterocycles. The molecule has 2 rings (SSSR count). The van der Waals surface area contributed by atoms with Crippen LogP contribution in [0.5, 0.6) is 0 Å². The quantitative estimate of drug-likeness (QED) is 0.692. The molecule has 0 spiro atoms. The number of amides is 1. The molecule has 1 amide bonds. The van der Waals surface area contributed by atoms with Crippen LogP contribution in [0.25, 0.3) is 0 Å². The second-order valence-corrected chi connectivity index (χ2v) is 4.64. The molecule has 1 N–H and O–H groups in total. The first-order valence-corrected chi connectivity index (χ1v) is 6.28. The van der Waals surface area contributed by atoms with Crippen LogP contribution in [-0.4, -0.2) is 29.9 Å². The van der Waals surface area contributed by atoms with Gasteiger partial charge in [-0.3, -0.25) is 14.9 Å². The molecule has 0 saturated heterocycles. The van der Waals surface area contributed by atoms with Crippen molar-refractivity contribution in [2.24, 2.45) is 0 Å². The van der Waals surface area contributed by atoms with Crippen LogP contribution >= 0.6 is 0 Å². The Morgan fingerprint density at radius 2 is 2.09 bits per heavy atom. The minimum atomic E-state index is -0.755. The van der Waals surface area contributed by atoms with Gasteiger partial charge in [0.25, 0.3) is 11.6 Å². The molecule has 0 saturated carbocycles. The highest BCUT2D eigenvalue weighted by Crippen LogP contribution is 2.26. The Kier molecular flexibility index (Phi) is 4.31. The van der Waals surface area contributed by atoms with Crippen LogP contribution in [0.1, 0.15) is 10.4 Å². The predicted molar refractivity (Wildman–Crippen MR) is 79.6 cm³/mol. The fourth-order valence-electron chi connectivity index (χ4n) is 1.88. The average Bonchev–Trinajstić information content (AvgIpc) is 2.48. The lowest BCUT2D eigenvalue weighted by Crippen LogP contribution is -2.20. The number of nitro groups is 1. The molecule has 1 aromatic carbocycles. The first-order valence-electron chi connectivity index (χ1n) is 6.28. The molecule has 0 atom stereocenters. The predicted octanol–water partition coefficient (Wildman–Crippen LogP) is 2.45. The number of rotatable bonds is 4. The second kappa shape index (κ2) is 6.17. The molecule has 2 aromatic rings.